The summed E-state index contributed by atoms with van der Waals surface area (Å²) >= 11 is 0. The van der Waals surface area contributed by atoms with Crippen molar-refractivity contribution in [2.75, 3.05) is 13.6 Å². The molecule has 0 aromatic heterocycles. The van der Waals surface area contributed by atoms with Crippen LogP contribution < -0.4 is 21.3 Å². The van der Waals surface area contributed by atoms with E-state index in [1.807, 2.05) is 41.5 Å². The highest BCUT2D eigenvalue weighted by Gasteiger charge is 2.70. The van der Waals surface area contributed by atoms with E-state index in [0.717, 1.165) is 19.3 Å². The fourth-order valence-corrected chi connectivity index (χ4v) is 5.97. The van der Waals surface area contributed by atoms with E-state index in [2.05, 4.69) is 35.1 Å². The normalized spacial score (nSPS) is 25.8. The Balaban J connectivity index is 1.84. The number of rotatable bonds is 8. The number of carbonyl (C=O) groups excluding carboxylic acids is 5. The van der Waals surface area contributed by atoms with Crippen LogP contribution >= 0.6 is 0 Å². The summed E-state index contributed by atoms with van der Waals surface area (Å²) in [5.74, 6) is -1.76. The van der Waals surface area contributed by atoms with Crippen LogP contribution in [0.5, 0.6) is 0 Å². The molecule has 5 amide bonds. The van der Waals surface area contributed by atoms with Crippen molar-refractivity contribution in [2.45, 2.75) is 105 Å². The van der Waals surface area contributed by atoms with Crippen LogP contribution in [0.25, 0.3) is 0 Å². The van der Waals surface area contributed by atoms with Crippen molar-refractivity contribution in [1.29, 1.82) is 0 Å². The third kappa shape index (κ3) is 6.31. The highest BCUT2D eigenvalue weighted by molar-refractivity contribution is 6.38. The van der Waals surface area contributed by atoms with E-state index in [1.54, 1.807) is 4.90 Å². The number of nitrogens with zero attached hydrogens (tertiary/aromatic N) is 1. The van der Waals surface area contributed by atoms with Crippen molar-refractivity contribution in [2.24, 2.45) is 28.6 Å². The summed E-state index contributed by atoms with van der Waals surface area (Å²) in [5, 5.41) is 10.9. The lowest BCUT2D eigenvalue weighted by Crippen LogP contribution is -2.62. The van der Waals surface area contributed by atoms with Crippen molar-refractivity contribution < 1.29 is 24.0 Å². The highest BCUT2D eigenvalue weighted by Crippen LogP contribution is 2.65. The lowest BCUT2D eigenvalue weighted by molar-refractivity contribution is -0.145. The minimum Gasteiger partial charge on any atom is -0.353 e. The molecule has 0 aromatic carbocycles. The van der Waals surface area contributed by atoms with Gasteiger partial charge in [-0.25, -0.2) is 4.79 Å². The summed E-state index contributed by atoms with van der Waals surface area (Å²) in [6, 6.07) is -3.02. The number of likely N-dealkylation sites (N-methyl/N-ethyl adjacent to an activating group) is 1. The molecule has 0 aromatic rings. The zero-order valence-corrected chi connectivity index (χ0v) is 24.5. The topological polar surface area (TPSA) is 137 Å². The summed E-state index contributed by atoms with van der Waals surface area (Å²) in [4.78, 5) is 67.1. The van der Waals surface area contributed by atoms with E-state index in [-0.39, 0.29) is 29.1 Å². The van der Waals surface area contributed by atoms with E-state index in [9.17, 15) is 24.0 Å². The first-order chi connectivity index (χ1) is 17.4. The zero-order chi connectivity index (χ0) is 28.8. The minimum absolute atomic E-state index is 0.0603. The van der Waals surface area contributed by atoms with Crippen molar-refractivity contribution >= 4 is 29.5 Å². The molecule has 4 N–H and O–H groups in total. The smallest absolute Gasteiger partial charge is 0.315 e. The first-order valence-corrected chi connectivity index (χ1v) is 13.8. The van der Waals surface area contributed by atoms with Crippen LogP contribution in [0.3, 0.4) is 0 Å². The number of hydrogen-bond acceptors (Lipinski definition) is 5. The standard InChI is InChI=1S/C28H47N5O5/c1-26(2,3)21(31-25(38)32-27(4,5)6)24(37)33-14-16-18(28(16,7)8)19(33)22(35)30-17(13-15-11-10-12-15)20(34)23(36)29-9/h15-19,21H,10-14H2,1-9H3,(H,29,36)(H,30,35)(H2,31,32,38)/t16?,17?,18?,19-,21+/m0/s1. The summed E-state index contributed by atoms with van der Waals surface area (Å²) in [6.07, 6.45) is 3.42. The predicted octanol–water partition coefficient (Wildman–Crippen LogP) is 1.97. The van der Waals surface area contributed by atoms with Gasteiger partial charge in [0.1, 0.15) is 12.1 Å². The highest BCUT2D eigenvalue weighted by atomic mass is 16.2. The maximum atomic E-state index is 14.0. The van der Waals surface area contributed by atoms with Gasteiger partial charge < -0.3 is 26.2 Å². The van der Waals surface area contributed by atoms with Gasteiger partial charge in [-0.05, 0) is 55.8 Å². The number of ketones is 1. The van der Waals surface area contributed by atoms with Gasteiger partial charge in [0.25, 0.3) is 5.91 Å². The van der Waals surface area contributed by atoms with Gasteiger partial charge in [-0.1, -0.05) is 53.9 Å². The Kier molecular flexibility index (Phi) is 8.25. The number of carbonyl (C=O) groups is 5. The van der Waals surface area contributed by atoms with Crippen LogP contribution in [0.2, 0.25) is 0 Å². The van der Waals surface area contributed by atoms with Gasteiger partial charge in [0.05, 0.1) is 6.04 Å². The van der Waals surface area contributed by atoms with Gasteiger partial charge in [0.15, 0.2) is 0 Å². The van der Waals surface area contributed by atoms with Crippen molar-refractivity contribution in [1.82, 2.24) is 26.2 Å². The van der Waals surface area contributed by atoms with Crippen LogP contribution in [0.4, 0.5) is 4.79 Å². The molecule has 5 atom stereocenters. The van der Waals surface area contributed by atoms with Crippen LogP contribution in [0, 0.1) is 28.6 Å². The summed E-state index contributed by atoms with van der Waals surface area (Å²) in [5.41, 5.74) is -1.22. The fraction of sp³-hybridized carbons (Fsp3) is 0.821. The Morgan fingerprint density at radius 3 is 2.05 bits per heavy atom. The molecule has 38 heavy (non-hydrogen) atoms. The molecular weight excluding hydrogens is 486 g/mol. The number of likely N-dealkylation sites (tertiary alicyclic amines) is 1. The second kappa shape index (κ2) is 10.5. The predicted molar refractivity (Wildman–Crippen MR) is 144 cm³/mol. The Bertz CT molecular complexity index is 975. The fourth-order valence-electron chi connectivity index (χ4n) is 5.97. The summed E-state index contributed by atoms with van der Waals surface area (Å²) in [6.45, 7) is 15.8. The maximum absolute atomic E-state index is 14.0. The third-order valence-electron chi connectivity index (χ3n) is 8.51. The average Bonchev–Trinajstić information content (AvgIpc) is 3.08. The molecule has 3 aliphatic rings. The first kappa shape index (κ1) is 29.9. The molecular formula is C28H47N5O5. The first-order valence-electron chi connectivity index (χ1n) is 13.8. The lowest BCUT2D eigenvalue weighted by atomic mass is 9.80. The molecule has 2 saturated carbocycles. The molecule has 3 fully saturated rings. The maximum Gasteiger partial charge on any atom is 0.315 e. The monoisotopic (exact) mass is 533 g/mol. The van der Waals surface area contributed by atoms with Crippen molar-refractivity contribution in [3.05, 3.63) is 0 Å². The molecule has 10 nitrogen and oxygen atoms in total. The van der Waals surface area contributed by atoms with Gasteiger partial charge in [0, 0.05) is 19.1 Å². The molecule has 2 aliphatic carbocycles. The Morgan fingerprint density at radius 1 is 0.974 bits per heavy atom. The van der Waals surface area contributed by atoms with E-state index >= 15 is 0 Å². The van der Waals surface area contributed by atoms with E-state index in [4.69, 9.17) is 0 Å². The second-order valence-electron chi connectivity index (χ2n) is 14.1. The molecule has 1 aliphatic heterocycles. The number of piperidine rings is 1. The number of Topliss-reactive ketones (excluding diaryl/α,β-unsaturated/α-hetero) is 1. The van der Waals surface area contributed by atoms with E-state index in [1.165, 1.54) is 7.05 Å². The molecule has 0 radical (unpaired) electrons. The SMILES string of the molecule is CNC(=O)C(=O)C(CC1CCC1)NC(=O)[C@@H]1C2C(CN1C(=O)[C@@H](NC(=O)NC(C)(C)C)C(C)(C)C)C2(C)C. The summed E-state index contributed by atoms with van der Waals surface area (Å²) in [7, 11) is 1.40. The van der Waals surface area contributed by atoms with E-state index in [0.29, 0.717) is 13.0 Å². The Morgan fingerprint density at radius 2 is 1.58 bits per heavy atom. The van der Waals surface area contributed by atoms with Crippen molar-refractivity contribution in [3.63, 3.8) is 0 Å². The van der Waals surface area contributed by atoms with Crippen LogP contribution in [-0.4, -0.2) is 71.7 Å². The average molecular weight is 534 g/mol. The number of nitrogens with one attached hydrogen (secondary N) is 4. The van der Waals surface area contributed by atoms with Crippen LogP contribution in [0.15, 0.2) is 0 Å². The van der Waals surface area contributed by atoms with Gasteiger partial charge in [-0.15, -0.1) is 0 Å². The molecule has 1 saturated heterocycles. The van der Waals surface area contributed by atoms with Crippen molar-refractivity contribution in [3.8, 4) is 0 Å². The number of fused-ring (bicyclic) bond motifs is 1. The molecule has 3 rings (SSSR count). The lowest BCUT2D eigenvalue weighted by Gasteiger charge is -2.38. The largest absolute Gasteiger partial charge is 0.353 e. The van der Waals surface area contributed by atoms with E-state index < -0.39 is 52.7 Å². The number of hydrogen-bond donors (Lipinski definition) is 4. The van der Waals surface area contributed by atoms with Gasteiger partial charge in [-0.2, -0.15) is 0 Å². The van der Waals surface area contributed by atoms with Crippen LogP contribution in [-0.2, 0) is 19.2 Å². The van der Waals surface area contributed by atoms with Gasteiger partial charge >= 0.3 is 6.03 Å². The number of amides is 5. The summed E-state index contributed by atoms with van der Waals surface area (Å²) < 4.78 is 0. The second-order valence-corrected chi connectivity index (χ2v) is 14.1. The zero-order valence-electron chi connectivity index (χ0n) is 24.5. The molecule has 10 heteroatoms. The molecule has 3 unspecified atom stereocenters. The number of urea groups is 1. The molecule has 0 spiro atoms. The third-order valence-corrected chi connectivity index (χ3v) is 8.51. The Hall–Kier alpha value is -2.65. The quantitative estimate of drug-likeness (QED) is 0.354. The van der Waals surface area contributed by atoms with Gasteiger partial charge in [-0.3, -0.25) is 19.2 Å². The molecule has 1 heterocycles. The minimum atomic E-state index is -0.931. The van der Waals surface area contributed by atoms with Crippen LogP contribution in [0.1, 0.15) is 81.1 Å². The Labute approximate surface area is 226 Å². The molecule has 0 bridgehead atoms. The van der Waals surface area contributed by atoms with Gasteiger partial charge in [0.2, 0.25) is 17.6 Å². The molecule has 214 valence electrons.